The van der Waals surface area contributed by atoms with Crippen LogP contribution in [0.2, 0.25) is 0 Å². The van der Waals surface area contributed by atoms with Crippen molar-refractivity contribution in [3.63, 3.8) is 0 Å². The molecule has 0 bridgehead atoms. The van der Waals surface area contributed by atoms with Gasteiger partial charge >= 0.3 is 0 Å². The Hall–Kier alpha value is -4.68. The summed E-state index contributed by atoms with van der Waals surface area (Å²) in [6.07, 6.45) is 2.23. The highest BCUT2D eigenvalue weighted by Crippen LogP contribution is 2.51. The molecular formula is C41H30. The van der Waals surface area contributed by atoms with Crippen LogP contribution in [0.5, 0.6) is 0 Å². The van der Waals surface area contributed by atoms with Crippen molar-refractivity contribution in [2.24, 2.45) is 0 Å². The molecule has 0 nitrogen and oxygen atoms in total. The SMILES string of the molecule is CC1(C)c2cc(-c3ccc4ccccc4c3)ccc2-c2ccc(-c3cc4c5c(ccc6cccc(c65)CC4)c3)cc21. The van der Waals surface area contributed by atoms with Gasteiger partial charge in [-0.15, -0.1) is 0 Å². The third kappa shape index (κ3) is 3.28. The number of hydrogen-bond donors (Lipinski definition) is 0. The number of hydrogen-bond acceptors (Lipinski definition) is 0. The van der Waals surface area contributed by atoms with Gasteiger partial charge in [0.05, 0.1) is 0 Å². The fraction of sp³-hybridized carbons (Fsp3) is 0.122. The molecule has 7 aromatic rings. The highest BCUT2D eigenvalue weighted by atomic mass is 14.4. The number of aryl methyl sites for hydroxylation is 2. The molecule has 9 rings (SSSR count). The molecule has 2 aliphatic carbocycles. The van der Waals surface area contributed by atoms with Gasteiger partial charge in [-0.3, -0.25) is 0 Å². The van der Waals surface area contributed by atoms with Crippen LogP contribution >= 0.6 is 0 Å². The van der Waals surface area contributed by atoms with Gasteiger partial charge in [0.2, 0.25) is 0 Å². The Morgan fingerprint density at radius 3 is 1.78 bits per heavy atom. The zero-order chi connectivity index (χ0) is 27.3. The van der Waals surface area contributed by atoms with Crippen LogP contribution in [0.4, 0.5) is 0 Å². The van der Waals surface area contributed by atoms with Crippen LogP contribution in [0.1, 0.15) is 36.1 Å². The van der Waals surface area contributed by atoms with Crippen LogP contribution < -0.4 is 0 Å². The van der Waals surface area contributed by atoms with Gasteiger partial charge in [0.25, 0.3) is 0 Å². The molecule has 7 aromatic carbocycles. The second kappa shape index (κ2) is 8.18. The molecule has 0 atom stereocenters. The van der Waals surface area contributed by atoms with Gasteiger partial charge in [0.1, 0.15) is 0 Å². The Morgan fingerprint density at radius 1 is 0.415 bits per heavy atom. The van der Waals surface area contributed by atoms with E-state index in [4.69, 9.17) is 0 Å². The first-order chi connectivity index (χ1) is 20.0. The maximum absolute atomic E-state index is 2.47. The number of benzene rings is 7. The molecule has 0 N–H and O–H groups in total. The summed E-state index contributed by atoms with van der Waals surface area (Å²) in [5.74, 6) is 0. The Labute approximate surface area is 240 Å². The summed E-state index contributed by atoms with van der Waals surface area (Å²) in [5, 5.41) is 8.23. The largest absolute Gasteiger partial charge is 0.0616 e. The van der Waals surface area contributed by atoms with E-state index < -0.39 is 0 Å². The molecule has 0 saturated carbocycles. The third-order valence-electron chi connectivity index (χ3n) is 9.88. The van der Waals surface area contributed by atoms with Gasteiger partial charge in [-0.1, -0.05) is 111 Å². The van der Waals surface area contributed by atoms with E-state index in [1.165, 1.54) is 88.0 Å². The van der Waals surface area contributed by atoms with E-state index >= 15 is 0 Å². The Bertz CT molecular complexity index is 2230. The predicted molar refractivity (Wildman–Crippen MR) is 175 cm³/mol. The lowest BCUT2D eigenvalue weighted by molar-refractivity contribution is 0.661. The molecule has 0 aliphatic heterocycles. The van der Waals surface area contributed by atoms with Crippen molar-refractivity contribution in [2.75, 3.05) is 0 Å². The quantitative estimate of drug-likeness (QED) is 0.198. The van der Waals surface area contributed by atoms with Crippen LogP contribution in [0.15, 0.2) is 121 Å². The summed E-state index contributed by atoms with van der Waals surface area (Å²) in [6.45, 7) is 4.78. The average molecular weight is 523 g/mol. The minimum absolute atomic E-state index is 0.0657. The Kier molecular flexibility index (Phi) is 4.60. The molecule has 0 aromatic heterocycles. The lowest BCUT2D eigenvalue weighted by Gasteiger charge is -2.23. The first kappa shape index (κ1) is 23.1. The van der Waals surface area contributed by atoms with Crippen molar-refractivity contribution >= 4 is 32.3 Å². The fourth-order valence-corrected chi connectivity index (χ4v) is 7.71. The van der Waals surface area contributed by atoms with Crippen LogP contribution in [0.25, 0.3) is 65.7 Å². The van der Waals surface area contributed by atoms with E-state index in [1.54, 1.807) is 0 Å². The van der Waals surface area contributed by atoms with E-state index in [1.807, 2.05) is 0 Å². The smallest absolute Gasteiger partial charge is 0.0159 e. The highest BCUT2D eigenvalue weighted by Gasteiger charge is 2.36. The third-order valence-corrected chi connectivity index (χ3v) is 9.88. The minimum Gasteiger partial charge on any atom is -0.0616 e. The summed E-state index contributed by atoms with van der Waals surface area (Å²) in [7, 11) is 0. The van der Waals surface area contributed by atoms with Gasteiger partial charge in [0, 0.05) is 5.41 Å². The Balaban J connectivity index is 1.15. The maximum atomic E-state index is 2.47. The lowest BCUT2D eigenvalue weighted by atomic mass is 9.80. The Morgan fingerprint density at radius 2 is 0.976 bits per heavy atom. The average Bonchev–Trinajstić information content (AvgIpc) is 3.24. The molecule has 0 spiro atoms. The zero-order valence-corrected chi connectivity index (χ0v) is 23.5. The maximum Gasteiger partial charge on any atom is 0.0159 e. The van der Waals surface area contributed by atoms with Crippen molar-refractivity contribution in [3.05, 3.63) is 144 Å². The molecular weight excluding hydrogens is 492 g/mol. The second-order valence-corrected chi connectivity index (χ2v) is 12.5. The first-order valence-electron chi connectivity index (χ1n) is 14.8. The van der Waals surface area contributed by atoms with Crippen molar-refractivity contribution in [1.82, 2.24) is 0 Å². The number of rotatable bonds is 2. The van der Waals surface area contributed by atoms with E-state index in [0.29, 0.717) is 0 Å². The molecule has 0 saturated heterocycles. The summed E-state index contributed by atoms with van der Waals surface area (Å²) in [5.41, 5.74) is 13.7. The molecule has 0 amide bonds. The van der Waals surface area contributed by atoms with E-state index in [2.05, 4.69) is 135 Å². The molecule has 0 radical (unpaired) electrons. The van der Waals surface area contributed by atoms with Gasteiger partial charge in [0.15, 0.2) is 0 Å². The second-order valence-electron chi connectivity index (χ2n) is 12.5. The van der Waals surface area contributed by atoms with Crippen molar-refractivity contribution < 1.29 is 0 Å². The molecule has 194 valence electrons. The summed E-state index contributed by atoms with van der Waals surface area (Å²) < 4.78 is 0. The van der Waals surface area contributed by atoms with Crippen LogP contribution in [-0.4, -0.2) is 0 Å². The monoisotopic (exact) mass is 522 g/mol. The minimum atomic E-state index is -0.0657. The number of fused-ring (bicyclic) bond motifs is 4. The summed E-state index contributed by atoms with van der Waals surface area (Å²) in [4.78, 5) is 0. The van der Waals surface area contributed by atoms with Gasteiger partial charge in [-0.2, -0.15) is 0 Å². The standard InChI is InChI=1S/C41H30/c1-41(2)37-23-30(29-13-10-25-6-3-4-7-28(25)20-29)16-18-35(37)36-19-17-31(24-38(36)41)34-21-32-14-11-26-8-5-9-27-12-15-33(22-34)40(32)39(26)27/h3-11,13-14,16-24H,12,15H2,1-2H3. The van der Waals surface area contributed by atoms with Crippen LogP contribution in [0, 0.1) is 0 Å². The predicted octanol–water partition coefficient (Wildman–Crippen LogP) is 10.9. The molecule has 0 unspecified atom stereocenters. The van der Waals surface area contributed by atoms with Gasteiger partial charge < -0.3 is 0 Å². The van der Waals surface area contributed by atoms with E-state index in [9.17, 15) is 0 Å². The fourth-order valence-electron chi connectivity index (χ4n) is 7.71. The first-order valence-corrected chi connectivity index (χ1v) is 14.8. The molecule has 0 heterocycles. The molecule has 0 heteroatoms. The van der Waals surface area contributed by atoms with E-state index in [0.717, 1.165) is 12.8 Å². The zero-order valence-electron chi connectivity index (χ0n) is 23.5. The van der Waals surface area contributed by atoms with Crippen molar-refractivity contribution in [3.8, 4) is 33.4 Å². The molecule has 0 fully saturated rings. The van der Waals surface area contributed by atoms with E-state index in [-0.39, 0.29) is 5.41 Å². The topological polar surface area (TPSA) is 0 Å². The summed E-state index contributed by atoms with van der Waals surface area (Å²) >= 11 is 0. The van der Waals surface area contributed by atoms with Crippen molar-refractivity contribution in [1.29, 1.82) is 0 Å². The molecule has 41 heavy (non-hydrogen) atoms. The van der Waals surface area contributed by atoms with Crippen molar-refractivity contribution in [2.45, 2.75) is 32.1 Å². The molecule has 2 aliphatic rings. The van der Waals surface area contributed by atoms with Crippen LogP contribution in [-0.2, 0) is 18.3 Å². The van der Waals surface area contributed by atoms with Gasteiger partial charge in [-0.05, 0) is 125 Å². The summed E-state index contributed by atoms with van der Waals surface area (Å²) in [6, 6.07) is 46.0. The van der Waals surface area contributed by atoms with Crippen LogP contribution in [0.3, 0.4) is 0 Å². The highest BCUT2D eigenvalue weighted by molar-refractivity contribution is 6.12. The van der Waals surface area contributed by atoms with Gasteiger partial charge in [-0.25, -0.2) is 0 Å². The lowest BCUT2D eigenvalue weighted by Crippen LogP contribution is -2.15. The normalized spacial score (nSPS) is 14.6.